The van der Waals surface area contributed by atoms with E-state index in [1.54, 1.807) is 31.8 Å². The number of rotatable bonds is 11. The molecule has 0 bridgehead atoms. The van der Waals surface area contributed by atoms with Gasteiger partial charge in [-0.1, -0.05) is 31.5 Å². The predicted molar refractivity (Wildman–Crippen MR) is 190 cm³/mol. The molecule has 0 aliphatic carbocycles. The molecule has 3 aromatic heterocycles. The van der Waals surface area contributed by atoms with Crippen molar-refractivity contribution in [3.63, 3.8) is 0 Å². The number of ether oxygens (including phenoxy) is 1. The SMILES string of the molecule is C=Cc1cnc(Nc2cc(CC)c(N3CCC(N4CCN(C)CC4)CC3)nc2OC)nc1Nc1ccc2nccnc2c1NSC. The molecule has 46 heavy (non-hydrogen) atoms. The average molecular weight is 642 g/mol. The number of nitrogens with zero attached hydrogens (tertiary/aromatic N) is 8. The fourth-order valence-electron chi connectivity index (χ4n) is 6.23. The minimum atomic E-state index is 0.413. The molecule has 2 saturated heterocycles. The van der Waals surface area contributed by atoms with Crippen LogP contribution < -0.4 is 25.0 Å². The van der Waals surface area contributed by atoms with Crippen molar-refractivity contribution in [1.82, 2.24) is 34.7 Å². The maximum absolute atomic E-state index is 5.81. The van der Waals surface area contributed by atoms with Gasteiger partial charge in [-0.15, -0.1) is 0 Å². The summed E-state index contributed by atoms with van der Waals surface area (Å²) in [5, 5.41) is 6.84. The van der Waals surface area contributed by atoms with Gasteiger partial charge in [0.15, 0.2) is 0 Å². The molecule has 3 N–H and O–H groups in total. The summed E-state index contributed by atoms with van der Waals surface area (Å²) < 4.78 is 9.15. The number of pyridine rings is 1. The van der Waals surface area contributed by atoms with E-state index in [4.69, 9.17) is 14.7 Å². The lowest BCUT2D eigenvalue weighted by Gasteiger charge is -2.42. The molecule has 242 valence electrons. The number of hydrogen-bond donors (Lipinski definition) is 3. The number of hydrogen-bond acceptors (Lipinski definition) is 13. The Labute approximate surface area is 275 Å². The lowest BCUT2D eigenvalue weighted by Crippen LogP contribution is -2.52. The van der Waals surface area contributed by atoms with Gasteiger partial charge in [0.1, 0.15) is 22.8 Å². The standard InChI is InChI=1S/C33H43N11OS/c1-6-22-20-27(32(45-4)40-31(22)44-14-10-24(11-15-44)43-18-16-42(3)17-19-43)38-33-36-21-23(7-2)30(39-33)37-26-9-8-25-28(29(26)41-46-5)35-13-12-34-25/h7-9,12-13,20-21,24,41H,2,6,10-11,14-19H2,1,3-5H3,(H2,36,37,38,39). The largest absolute Gasteiger partial charge is 0.479 e. The van der Waals surface area contributed by atoms with E-state index in [0.717, 1.165) is 104 Å². The molecular weight excluding hydrogens is 599 g/mol. The molecule has 0 atom stereocenters. The van der Waals surface area contributed by atoms with E-state index in [0.29, 0.717) is 23.7 Å². The van der Waals surface area contributed by atoms with Gasteiger partial charge in [0.25, 0.3) is 0 Å². The van der Waals surface area contributed by atoms with E-state index >= 15 is 0 Å². The molecule has 2 aliphatic heterocycles. The van der Waals surface area contributed by atoms with Gasteiger partial charge in [-0.3, -0.25) is 14.9 Å². The van der Waals surface area contributed by atoms with Crippen molar-refractivity contribution in [2.75, 3.05) is 79.9 Å². The van der Waals surface area contributed by atoms with E-state index in [9.17, 15) is 0 Å². The normalized spacial score (nSPS) is 16.4. The zero-order valence-corrected chi connectivity index (χ0v) is 27.9. The van der Waals surface area contributed by atoms with Crippen LogP contribution in [0.5, 0.6) is 5.88 Å². The van der Waals surface area contributed by atoms with Crippen LogP contribution in [0, 0.1) is 0 Å². The first-order valence-electron chi connectivity index (χ1n) is 15.8. The third kappa shape index (κ3) is 6.81. The molecule has 2 fully saturated rings. The van der Waals surface area contributed by atoms with Gasteiger partial charge in [-0.05, 0) is 50.1 Å². The summed E-state index contributed by atoms with van der Waals surface area (Å²) in [6, 6.07) is 6.66. The third-order valence-corrected chi connectivity index (χ3v) is 9.23. The number of anilines is 6. The molecule has 13 heteroatoms. The average Bonchev–Trinajstić information content (AvgIpc) is 3.09. The third-order valence-electron chi connectivity index (χ3n) is 8.82. The molecule has 4 aromatic rings. The quantitative estimate of drug-likeness (QED) is 0.181. The smallest absolute Gasteiger partial charge is 0.239 e. The summed E-state index contributed by atoms with van der Waals surface area (Å²) in [6.45, 7) is 12.7. The van der Waals surface area contributed by atoms with Crippen LogP contribution in [0.3, 0.4) is 0 Å². The van der Waals surface area contributed by atoms with Crippen LogP contribution in [0.2, 0.25) is 0 Å². The minimum absolute atomic E-state index is 0.413. The Bertz CT molecular complexity index is 1670. The Morgan fingerprint density at radius 2 is 1.78 bits per heavy atom. The van der Waals surface area contributed by atoms with E-state index in [1.807, 2.05) is 18.4 Å². The molecule has 0 unspecified atom stereocenters. The number of piperidine rings is 1. The van der Waals surface area contributed by atoms with Crippen molar-refractivity contribution in [1.29, 1.82) is 0 Å². The molecule has 0 spiro atoms. The van der Waals surface area contributed by atoms with E-state index in [-0.39, 0.29) is 0 Å². The second-order valence-electron chi connectivity index (χ2n) is 11.6. The molecule has 0 amide bonds. The predicted octanol–water partition coefficient (Wildman–Crippen LogP) is 5.42. The molecule has 5 heterocycles. The van der Waals surface area contributed by atoms with Crippen LogP contribution in [-0.2, 0) is 6.42 Å². The Morgan fingerprint density at radius 1 is 1.00 bits per heavy atom. The van der Waals surface area contributed by atoms with Crippen molar-refractivity contribution < 1.29 is 4.74 Å². The van der Waals surface area contributed by atoms with Crippen molar-refractivity contribution in [3.05, 3.63) is 54.5 Å². The number of methoxy groups -OCH3 is 1. The second-order valence-corrected chi connectivity index (χ2v) is 12.2. The number of aryl methyl sites for hydroxylation is 1. The number of fused-ring (bicyclic) bond motifs is 1. The van der Waals surface area contributed by atoms with Gasteiger partial charge in [-0.2, -0.15) is 9.97 Å². The Hall–Kier alpha value is -4.20. The molecule has 6 rings (SSSR count). The Kier molecular flexibility index (Phi) is 10.0. The minimum Gasteiger partial charge on any atom is -0.479 e. The fourth-order valence-corrected chi connectivity index (χ4v) is 6.64. The second kappa shape index (κ2) is 14.5. The highest BCUT2D eigenvalue weighted by Crippen LogP contribution is 2.36. The van der Waals surface area contributed by atoms with Crippen molar-refractivity contribution in [2.24, 2.45) is 0 Å². The highest BCUT2D eigenvalue weighted by Gasteiger charge is 2.28. The zero-order chi connectivity index (χ0) is 32.0. The number of aromatic nitrogens is 5. The van der Waals surface area contributed by atoms with Crippen LogP contribution in [0.1, 0.15) is 30.9 Å². The van der Waals surface area contributed by atoms with Crippen LogP contribution >= 0.6 is 11.9 Å². The summed E-state index contributed by atoms with van der Waals surface area (Å²) in [7, 11) is 3.87. The maximum Gasteiger partial charge on any atom is 0.239 e. The maximum atomic E-state index is 5.81. The first-order valence-corrected chi connectivity index (χ1v) is 17.0. The summed E-state index contributed by atoms with van der Waals surface area (Å²) in [5.74, 6) is 2.53. The van der Waals surface area contributed by atoms with Crippen molar-refractivity contribution >= 4 is 63.7 Å². The lowest BCUT2D eigenvalue weighted by atomic mass is 10.0. The molecule has 0 saturated carbocycles. The molecule has 12 nitrogen and oxygen atoms in total. The summed E-state index contributed by atoms with van der Waals surface area (Å²) in [5.41, 5.74) is 5.83. The molecule has 0 radical (unpaired) electrons. The van der Waals surface area contributed by atoms with Gasteiger partial charge in [-0.25, -0.2) is 4.98 Å². The van der Waals surface area contributed by atoms with E-state index in [2.05, 4.69) is 71.6 Å². The molecule has 2 aliphatic rings. The van der Waals surface area contributed by atoms with Gasteiger partial charge in [0.05, 0.1) is 24.0 Å². The highest BCUT2D eigenvalue weighted by atomic mass is 32.2. The fraction of sp³-hybridized carbons (Fsp3) is 0.424. The topological polar surface area (TPSA) is 119 Å². The summed E-state index contributed by atoms with van der Waals surface area (Å²) >= 11 is 1.48. The van der Waals surface area contributed by atoms with Crippen LogP contribution in [0.4, 0.5) is 34.6 Å². The van der Waals surface area contributed by atoms with Crippen LogP contribution in [0.15, 0.2) is 43.4 Å². The van der Waals surface area contributed by atoms with Gasteiger partial charge in [0, 0.05) is 75.7 Å². The van der Waals surface area contributed by atoms with E-state index in [1.165, 1.54) is 11.9 Å². The number of piperazine rings is 1. The molecular formula is C33H43N11OS. The Balaban J connectivity index is 1.23. The van der Waals surface area contributed by atoms with Gasteiger partial charge >= 0.3 is 0 Å². The zero-order valence-electron chi connectivity index (χ0n) is 27.1. The first-order chi connectivity index (χ1) is 22.5. The number of benzene rings is 1. The highest BCUT2D eigenvalue weighted by molar-refractivity contribution is 7.99. The van der Waals surface area contributed by atoms with Gasteiger partial charge < -0.3 is 29.9 Å². The van der Waals surface area contributed by atoms with Crippen LogP contribution in [0.25, 0.3) is 17.1 Å². The first kappa shape index (κ1) is 31.8. The molecule has 1 aromatic carbocycles. The van der Waals surface area contributed by atoms with Crippen molar-refractivity contribution in [3.8, 4) is 5.88 Å². The summed E-state index contributed by atoms with van der Waals surface area (Å²) in [6.07, 6.45) is 12.0. The lowest BCUT2D eigenvalue weighted by molar-refractivity contribution is 0.0981. The van der Waals surface area contributed by atoms with Crippen LogP contribution in [-0.4, -0.2) is 100 Å². The number of nitrogens with one attached hydrogen (secondary N) is 3. The Morgan fingerprint density at radius 3 is 2.50 bits per heavy atom. The summed E-state index contributed by atoms with van der Waals surface area (Å²) in [4.78, 5) is 30.9. The van der Waals surface area contributed by atoms with Crippen molar-refractivity contribution in [2.45, 2.75) is 32.2 Å². The monoisotopic (exact) mass is 641 g/mol. The van der Waals surface area contributed by atoms with E-state index < -0.39 is 0 Å². The van der Waals surface area contributed by atoms with Gasteiger partial charge in [0.2, 0.25) is 11.8 Å². The number of likely N-dealkylation sites (N-methyl/N-ethyl adjacent to an activating group) is 1.